The molecule has 206 valence electrons. The molecule has 2 aromatic carbocycles. The summed E-state index contributed by atoms with van der Waals surface area (Å²) in [6.07, 6.45) is 1.47. The Morgan fingerprint density at radius 1 is 1.00 bits per heavy atom. The molecule has 2 amide bonds. The summed E-state index contributed by atoms with van der Waals surface area (Å²) < 4.78 is 17.6. The van der Waals surface area contributed by atoms with E-state index in [2.05, 4.69) is 16.1 Å². The first-order valence-electron chi connectivity index (χ1n) is 12.2. The van der Waals surface area contributed by atoms with Gasteiger partial charge in [0.25, 0.3) is 11.5 Å². The molecule has 1 aromatic heterocycles. The van der Waals surface area contributed by atoms with Crippen molar-refractivity contribution >= 4 is 35.0 Å². The monoisotopic (exact) mass is 574 g/mol. The number of amides is 2. The smallest absolute Gasteiger partial charge is 0.272 e. The van der Waals surface area contributed by atoms with Crippen LogP contribution in [0, 0.1) is 6.92 Å². The molecule has 0 saturated heterocycles. The molecule has 0 aliphatic carbocycles. The third-order valence-electron chi connectivity index (χ3n) is 5.98. The van der Waals surface area contributed by atoms with Crippen molar-refractivity contribution in [3.05, 3.63) is 85.2 Å². The zero-order valence-electron chi connectivity index (χ0n) is 21.4. The lowest BCUT2D eigenvalue weighted by Crippen LogP contribution is -2.34. The number of aryl methyl sites for hydroxylation is 1. The third-order valence-corrected chi connectivity index (χ3v) is 6.56. The number of likely N-dealkylation sites (N-methyl/N-ethyl adjacent to an activating group) is 1. The summed E-state index contributed by atoms with van der Waals surface area (Å²) in [5.41, 5.74) is 5.03. The van der Waals surface area contributed by atoms with Gasteiger partial charge >= 0.3 is 0 Å². The van der Waals surface area contributed by atoms with Crippen molar-refractivity contribution in [1.82, 2.24) is 15.3 Å². The summed E-state index contributed by atoms with van der Waals surface area (Å²) in [5.74, 6) is 0.968. The van der Waals surface area contributed by atoms with Crippen LogP contribution in [0.25, 0.3) is 0 Å². The fourth-order valence-corrected chi connectivity index (χ4v) is 4.32. The molecule has 1 aliphatic rings. The maximum Gasteiger partial charge on any atom is 0.272 e. The summed E-state index contributed by atoms with van der Waals surface area (Å²) in [7, 11) is 0. The minimum Gasteiger partial charge on any atom is -0.483 e. The number of hydrogen-bond donors (Lipinski definition) is 3. The average molecular weight is 575 g/mol. The number of carbonyl (C=O) groups is 2. The van der Waals surface area contributed by atoms with Crippen LogP contribution in [0.3, 0.4) is 0 Å². The summed E-state index contributed by atoms with van der Waals surface area (Å²) in [6, 6.07) is 10.1. The third kappa shape index (κ3) is 7.15. The van der Waals surface area contributed by atoms with E-state index in [4.69, 9.17) is 37.4 Å². The number of ether oxygens (including phenoxy) is 3. The normalized spacial score (nSPS) is 11.7. The highest BCUT2D eigenvalue weighted by molar-refractivity contribution is 6.31. The second-order valence-electron chi connectivity index (χ2n) is 8.73. The predicted octanol–water partition coefficient (Wildman–Crippen LogP) is 3.31. The van der Waals surface area contributed by atoms with Crippen molar-refractivity contribution < 1.29 is 23.8 Å². The number of carbonyl (C=O) groups excluding carboxylic acids is 2. The lowest BCUT2D eigenvalue weighted by atomic mass is 10.1. The summed E-state index contributed by atoms with van der Waals surface area (Å²) >= 11 is 12.5. The number of nitrogens with zero attached hydrogens (tertiary/aromatic N) is 1. The average Bonchev–Trinajstić information content (AvgIpc) is 3.36. The summed E-state index contributed by atoms with van der Waals surface area (Å²) in [6.45, 7) is 4.40. The van der Waals surface area contributed by atoms with E-state index < -0.39 is 0 Å². The van der Waals surface area contributed by atoms with E-state index >= 15 is 0 Å². The van der Waals surface area contributed by atoms with Gasteiger partial charge in [0.15, 0.2) is 18.1 Å². The molecular formula is C27H28Cl2N4O6. The standard InChI is InChI=1S/C27H28Cl2N4O6/c1-3-30-26(35)14-37-22-5-4-19(28)8-18(22)12-31-25(34)10-20-16(2)6-7-33(27(20)36)32-13-17-9-23-24(11-21(17)29)39-15-38-23/h4-9,11,32H,3,10,12-15H2,1-2H3,(H,30,35)(H,31,34). The van der Waals surface area contributed by atoms with Crippen molar-refractivity contribution in [3.8, 4) is 17.2 Å². The molecule has 12 heteroatoms. The first-order chi connectivity index (χ1) is 18.7. The molecule has 0 bridgehead atoms. The Kier molecular flexibility index (Phi) is 9.21. The number of pyridine rings is 1. The molecule has 3 aromatic rings. The largest absolute Gasteiger partial charge is 0.483 e. The Labute approximate surface area is 235 Å². The van der Waals surface area contributed by atoms with Crippen LogP contribution in [0.5, 0.6) is 17.2 Å². The molecular weight excluding hydrogens is 547 g/mol. The molecule has 0 spiro atoms. The van der Waals surface area contributed by atoms with Gasteiger partial charge in [-0.2, -0.15) is 0 Å². The van der Waals surface area contributed by atoms with E-state index in [1.165, 1.54) is 4.68 Å². The van der Waals surface area contributed by atoms with Crippen LogP contribution in [0.15, 0.2) is 47.4 Å². The van der Waals surface area contributed by atoms with Gasteiger partial charge in [0.1, 0.15) is 5.75 Å². The van der Waals surface area contributed by atoms with Crippen molar-refractivity contribution in [3.63, 3.8) is 0 Å². The highest BCUT2D eigenvalue weighted by Crippen LogP contribution is 2.36. The first-order valence-corrected chi connectivity index (χ1v) is 13.0. The zero-order chi connectivity index (χ0) is 27.9. The van der Waals surface area contributed by atoms with Crippen LogP contribution < -0.4 is 35.8 Å². The Balaban J connectivity index is 1.40. The van der Waals surface area contributed by atoms with Gasteiger partial charge in [-0.3, -0.25) is 14.4 Å². The number of benzene rings is 2. The molecule has 0 fully saturated rings. The number of nitrogens with one attached hydrogen (secondary N) is 3. The SMILES string of the molecule is CCNC(=O)COc1ccc(Cl)cc1CNC(=O)Cc1c(C)ccn(NCc2cc3c(cc2Cl)OCO3)c1=O. The molecule has 0 radical (unpaired) electrons. The quantitative estimate of drug-likeness (QED) is 0.321. The molecule has 1 aliphatic heterocycles. The molecule has 0 atom stereocenters. The van der Waals surface area contributed by atoms with Crippen LogP contribution in [0.4, 0.5) is 0 Å². The van der Waals surface area contributed by atoms with E-state index in [-0.39, 0.29) is 50.3 Å². The second-order valence-corrected chi connectivity index (χ2v) is 9.58. The molecule has 3 N–H and O–H groups in total. The maximum atomic E-state index is 13.2. The Morgan fingerprint density at radius 2 is 1.77 bits per heavy atom. The van der Waals surface area contributed by atoms with Crippen molar-refractivity contribution in [1.29, 1.82) is 0 Å². The van der Waals surface area contributed by atoms with Gasteiger partial charge in [0, 0.05) is 46.5 Å². The van der Waals surface area contributed by atoms with Gasteiger partial charge in [0.2, 0.25) is 12.7 Å². The Morgan fingerprint density at radius 3 is 2.54 bits per heavy atom. The fourth-order valence-electron chi connectivity index (χ4n) is 3.91. The predicted molar refractivity (Wildman–Crippen MR) is 147 cm³/mol. The lowest BCUT2D eigenvalue weighted by molar-refractivity contribution is -0.123. The molecule has 10 nitrogen and oxygen atoms in total. The Bertz CT molecular complexity index is 1440. The lowest BCUT2D eigenvalue weighted by Gasteiger charge is -2.15. The minimum absolute atomic E-state index is 0.102. The highest BCUT2D eigenvalue weighted by atomic mass is 35.5. The molecule has 2 heterocycles. The van der Waals surface area contributed by atoms with Crippen LogP contribution in [0.2, 0.25) is 10.0 Å². The number of halogens is 2. The van der Waals surface area contributed by atoms with E-state index in [0.717, 1.165) is 5.56 Å². The number of rotatable bonds is 11. The zero-order valence-corrected chi connectivity index (χ0v) is 22.9. The minimum atomic E-state index is -0.360. The molecule has 39 heavy (non-hydrogen) atoms. The van der Waals surface area contributed by atoms with Gasteiger partial charge < -0.3 is 30.3 Å². The van der Waals surface area contributed by atoms with Crippen LogP contribution in [-0.4, -0.2) is 36.4 Å². The Hall–Kier alpha value is -3.89. The van der Waals surface area contributed by atoms with Gasteiger partial charge in [-0.15, -0.1) is 0 Å². The van der Waals surface area contributed by atoms with E-state index in [1.807, 2.05) is 6.92 Å². The van der Waals surface area contributed by atoms with Gasteiger partial charge in [-0.05, 0) is 55.3 Å². The van der Waals surface area contributed by atoms with Crippen LogP contribution >= 0.6 is 23.2 Å². The van der Waals surface area contributed by atoms with Gasteiger partial charge in [-0.25, -0.2) is 4.68 Å². The molecule has 0 saturated carbocycles. The second kappa shape index (κ2) is 12.8. The number of aromatic nitrogens is 1. The summed E-state index contributed by atoms with van der Waals surface area (Å²) in [4.78, 5) is 37.7. The number of fused-ring (bicyclic) bond motifs is 1. The van der Waals surface area contributed by atoms with Crippen molar-refractivity contribution in [2.24, 2.45) is 0 Å². The van der Waals surface area contributed by atoms with Gasteiger partial charge in [0.05, 0.1) is 13.0 Å². The van der Waals surface area contributed by atoms with Crippen LogP contribution in [0.1, 0.15) is 29.2 Å². The summed E-state index contributed by atoms with van der Waals surface area (Å²) in [5, 5.41) is 6.39. The van der Waals surface area contributed by atoms with Crippen LogP contribution in [-0.2, 0) is 29.1 Å². The first kappa shape index (κ1) is 28.1. The molecule has 4 rings (SSSR count). The van der Waals surface area contributed by atoms with Crippen molar-refractivity contribution in [2.75, 3.05) is 25.4 Å². The maximum absolute atomic E-state index is 13.2. The highest BCUT2D eigenvalue weighted by Gasteiger charge is 2.17. The van der Waals surface area contributed by atoms with E-state index in [9.17, 15) is 14.4 Å². The van der Waals surface area contributed by atoms with Crippen molar-refractivity contribution in [2.45, 2.75) is 33.4 Å². The topological polar surface area (TPSA) is 120 Å². The van der Waals surface area contributed by atoms with E-state index in [1.54, 1.807) is 49.5 Å². The molecule has 0 unspecified atom stereocenters. The fraction of sp³-hybridized carbons (Fsp3) is 0.296. The number of hydrogen-bond acceptors (Lipinski definition) is 7. The van der Waals surface area contributed by atoms with E-state index in [0.29, 0.717) is 50.5 Å². The van der Waals surface area contributed by atoms with Gasteiger partial charge in [-0.1, -0.05) is 23.2 Å².